The molecule has 21 heavy (non-hydrogen) atoms. The summed E-state index contributed by atoms with van der Waals surface area (Å²) in [5, 5.41) is 6.75. The molecule has 0 aliphatic carbocycles. The van der Waals surface area contributed by atoms with E-state index in [2.05, 4.69) is 20.2 Å². The first-order valence-corrected chi connectivity index (χ1v) is 6.37. The average molecular weight is 282 g/mol. The van der Waals surface area contributed by atoms with Gasteiger partial charge in [0.05, 0.1) is 26.1 Å². The van der Waals surface area contributed by atoms with E-state index in [1.165, 1.54) is 7.11 Å². The molecule has 6 nitrogen and oxygen atoms in total. The summed E-state index contributed by atoms with van der Waals surface area (Å²) in [5.74, 6) is 0.468. The molecule has 0 amide bonds. The SMILES string of the molecule is COc1cc(-c2ccc(-c3cn[nH]c3)cc2)nc(OC)n1. The number of benzene rings is 1. The van der Waals surface area contributed by atoms with Gasteiger partial charge in [-0.3, -0.25) is 5.10 Å². The van der Waals surface area contributed by atoms with E-state index >= 15 is 0 Å². The van der Waals surface area contributed by atoms with Gasteiger partial charge in [0, 0.05) is 23.4 Å². The lowest BCUT2D eigenvalue weighted by Gasteiger charge is -2.07. The highest BCUT2D eigenvalue weighted by Gasteiger charge is 2.08. The third-order valence-electron chi connectivity index (χ3n) is 3.09. The Labute approximate surface area is 121 Å². The van der Waals surface area contributed by atoms with E-state index < -0.39 is 0 Å². The summed E-state index contributed by atoms with van der Waals surface area (Å²) in [6.45, 7) is 0. The molecule has 0 aliphatic rings. The van der Waals surface area contributed by atoms with Gasteiger partial charge in [-0.2, -0.15) is 15.1 Å². The lowest BCUT2D eigenvalue weighted by atomic mass is 10.1. The lowest BCUT2D eigenvalue weighted by molar-refractivity contribution is 0.353. The van der Waals surface area contributed by atoms with Crippen LogP contribution in [0, 0.1) is 0 Å². The number of ether oxygens (including phenoxy) is 2. The van der Waals surface area contributed by atoms with Crippen molar-refractivity contribution in [2.24, 2.45) is 0 Å². The zero-order valence-electron chi connectivity index (χ0n) is 11.7. The number of methoxy groups -OCH3 is 2. The summed E-state index contributed by atoms with van der Waals surface area (Å²) < 4.78 is 10.2. The van der Waals surface area contributed by atoms with Gasteiger partial charge in [-0.05, 0) is 5.56 Å². The number of rotatable bonds is 4. The van der Waals surface area contributed by atoms with Crippen LogP contribution < -0.4 is 9.47 Å². The minimum absolute atomic E-state index is 0.281. The Kier molecular flexibility index (Phi) is 3.51. The number of H-pyrrole nitrogens is 1. The molecule has 0 fully saturated rings. The minimum Gasteiger partial charge on any atom is -0.481 e. The molecule has 0 atom stereocenters. The van der Waals surface area contributed by atoms with Crippen molar-refractivity contribution in [2.45, 2.75) is 0 Å². The van der Waals surface area contributed by atoms with Gasteiger partial charge in [-0.1, -0.05) is 24.3 Å². The Bertz CT molecular complexity index is 702. The van der Waals surface area contributed by atoms with Crippen LogP contribution in [0.1, 0.15) is 0 Å². The fourth-order valence-corrected chi connectivity index (χ4v) is 1.99. The molecule has 3 rings (SSSR count). The molecule has 0 saturated heterocycles. The molecule has 3 aromatic rings. The monoisotopic (exact) mass is 282 g/mol. The lowest BCUT2D eigenvalue weighted by Crippen LogP contribution is -1.97. The number of nitrogens with one attached hydrogen (secondary N) is 1. The number of hydrogen-bond donors (Lipinski definition) is 1. The molecule has 6 heteroatoms. The zero-order valence-corrected chi connectivity index (χ0v) is 11.7. The Balaban J connectivity index is 1.97. The number of aromatic nitrogens is 4. The zero-order chi connectivity index (χ0) is 14.7. The molecule has 1 N–H and O–H groups in total. The molecular formula is C15H14N4O2. The Hall–Kier alpha value is -2.89. The van der Waals surface area contributed by atoms with Gasteiger partial charge >= 0.3 is 6.01 Å². The molecule has 2 heterocycles. The second-order valence-electron chi connectivity index (χ2n) is 4.35. The molecule has 1 aromatic carbocycles. The maximum atomic E-state index is 5.16. The Morgan fingerprint density at radius 3 is 2.29 bits per heavy atom. The van der Waals surface area contributed by atoms with Crippen molar-refractivity contribution >= 4 is 0 Å². The van der Waals surface area contributed by atoms with Crippen molar-refractivity contribution in [1.29, 1.82) is 0 Å². The van der Waals surface area contributed by atoms with Crippen LogP contribution in [0.15, 0.2) is 42.7 Å². The van der Waals surface area contributed by atoms with Gasteiger partial charge in [0.25, 0.3) is 0 Å². The van der Waals surface area contributed by atoms with Crippen LogP contribution >= 0.6 is 0 Å². The number of hydrogen-bond acceptors (Lipinski definition) is 5. The highest BCUT2D eigenvalue weighted by molar-refractivity contribution is 5.68. The van der Waals surface area contributed by atoms with Crippen molar-refractivity contribution in [3.05, 3.63) is 42.7 Å². The highest BCUT2D eigenvalue weighted by Crippen LogP contribution is 2.26. The highest BCUT2D eigenvalue weighted by atomic mass is 16.5. The van der Waals surface area contributed by atoms with Gasteiger partial charge in [-0.25, -0.2) is 0 Å². The standard InChI is InChI=1S/C15H14N4O2/c1-20-14-7-13(18-15(19-14)21-2)11-5-3-10(4-6-11)12-8-16-17-9-12/h3-9H,1-2H3,(H,16,17). The second-order valence-corrected chi connectivity index (χ2v) is 4.35. The normalized spacial score (nSPS) is 10.4. The summed E-state index contributed by atoms with van der Waals surface area (Å²) in [7, 11) is 3.09. The van der Waals surface area contributed by atoms with Gasteiger partial charge in [0.1, 0.15) is 0 Å². The van der Waals surface area contributed by atoms with E-state index in [9.17, 15) is 0 Å². The van der Waals surface area contributed by atoms with Crippen molar-refractivity contribution in [2.75, 3.05) is 14.2 Å². The van der Waals surface area contributed by atoms with Crippen molar-refractivity contribution in [3.8, 4) is 34.3 Å². The van der Waals surface area contributed by atoms with Crippen LogP contribution in [-0.2, 0) is 0 Å². The Morgan fingerprint density at radius 2 is 1.67 bits per heavy atom. The van der Waals surface area contributed by atoms with E-state index in [1.807, 2.05) is 30.5 Å². The molecule has 0 saturated carbocycles. The van der Waals surface area contributed by atoms with Crippen LogP contribution in [0.3, 0.4) is 0 Å². The fraction of sp³-hybridized carbons (Fsp3) is 0.133. The summed E-state index contributed by atoms with van der Waals surface area (Å²) in [6.07, 6.45) is 3.64. The third kappa shape index (κ3) is 2.69. The van der Waals surface area contributed by atoms with Gasteiger partial charge in [0.15, 0.2) is 0 Å². The maximum absolute atomic E-state index is 5.16. The van der Waals surface area contributed by atoms with Gasteiger partial charge < -0.3 is 9.47 Å². The molecule has 0 unspecified atom stereocenters. The van der Waals surface area contributed by atoms with E-state index in [1.54, 1.807) is 19.4 Å². The number of nitrogens with zero attached hydrogens (tertiary/aromatic N) is 3. The van der Waals surface area contributed by atoms with Crippen LogP contribution in [-0.4, -0.2) is 34.4 Å². The molecule has 0 spiro atoms. The first kappa shape index (κ1) is 13.1. The van der Waals surface area contributed by atoms with E-state index in [0.717, 1.165) is 22.4 Å². The quantitative estimate of drug-likeness (QED) is 0.796. The summed E-state index contributed by atoms with van der Waals surface area (Å²) in [6, 6.07) is 10.1. The average Bonchev–Trinajstić information content (AvgIpc) is 3.09. The molecule has 0 aliphatic heterocycles. The summed E-state index contributed by atoms with van der Waals surface area (Å²) >= 11 is 0. The summed E-state index contributed by atoms with van der Waals surface area (Å²) in [5.41, 5.74) is 3.83. The van der Waals surface area contributed by atoms with Crippen molar-refractivity contribution in [1.82, 2.24) is 20.2 Å². The molecular weight excluding hydrogens is 268 g/mol. The predicted molar refractivity (Wildman–Crippen MR) is 78.2 cm³/mol. The topological polar surface area (TPSA) is 72.9 Å². The Morgan fingerprint density at radius 1 is 0.905 bits per heavy atom. The largest absolute Gasteiger partial charge is 0.481 e. The minimum atomic E-state index is 0.281. The van der Waals surface area contributed by atoms with Crippen LogP contribution in [0.4, 0.5) is 0 Å². The predicted octanol–water partition coefficient (Wildman–Crippen LogP) is 2.55. The maximum Gasteiger partial charge on any atom is 0.320 e. The van der Waals surface area contributed by atoms with Crippen LogP contribution in [0.2, 0.25) is 0 Å². The van der Waals surface area contributed by atoms with Crippen molar-refractivity contribution < 1.29 is 9.47 Å². The molecule has 2 aromatic heterocycles. The fourth-order valence-electron chi connectivity index (χ4n) is 1.99. The molecule has 0 radical (unpaired) electrons. The van der Waals surface area contributed by atoms with Gasteiger partial charge in [0.2, 0.25) is 5.88 Å². The van der Waals surface area contributed by atoms with Crippen LogP contribution in [0.25, 0.3) is 22.4 Å². The van der Waals surface area contributed by atoms with Gasteiger partial charge in [-0.15, -0.1) is 0 Å². The third-order valence-corrected chi connectivity index (χ3v) is 3.09. The van der Waals surface area contributed by atoms with Crippen molar-refractivity contribution in [3.63, 3.8) is 0 Å². The van der Waals surface area contributed by atoms with E-state index in [0.29, 0.717) is 5.88 Å². The van der Waals surface area contributed by atoms with Crippen LogP contribution in [0.5, 0.6) is 11.9 Å². The second kappa shape index (κ2) is 5.62. The summed E-state index contributed by atoms with van der Waals surface area (Å²) in [4.78, 5) is 8.42. The molecule has 0 bridgehead atoms. The number of aromatic amines is 1. The van der Waals surface area contributed by atoms with E-state index in [4.69, 9.17) is 9.47 Å². The van der Waals surface area contributed by atoms with E-state index in [-0.39, 0.29) is 6.01 Å². The molecule has 106 valence electrons. The first-order valence-electron chi connectivity index (χ1n) is 6.37. The first-order chi connectivity index (χ1) is 10.3. The smallest absolute Gasteiger partial charge is 0.320 e.